The molecule has 1 aliphatic heterocycles. The van der Waals surface area contributed by atoms with Crippen molar-refractivity contribution in [2.24, 2.45) is 4.99 Å². The molecule has 2 rings (SSSR count). The molecule has 25 heavy (non-hydrogen) atoms. The molecular weight excluding hydrogens is 340 g/mol. The van der Waals surface area contributed by atoms with Crippen molar-refractivity contribution in [3.05, 3.63) is 34.9 Å². The highest BCUT2D eigenvalue weighted by molar-refractivity contribution is 6.30. The molecule has 1 fully saturated rings. The van der Waals surface area contributed by atoms with E-state index in [-0.39, 0.29) is 12.1 Å². The first-order valence-electron chi connectivity index (χ1n) is 8.46. The fraction of sp³-hybridized carbons (Fsp3) is 0.556. The minimum atomic E-state index is -0.489. The Morgan fingerprint density at radius 3 is 2.84 bits per heavy atom. The summed E-state index contributed by atoms with van der Waals surface area (Å²) < 4.78 is 5.31. The van der Waals surface area contributed by atoms with Crippen LogP contribution < -0.4 is 10.6 Å². The minimum Gasteiger partial charge on any atom is -0.444 e. The van der Waals surface area contributed by atoms with Gasteiger partial charge in [-0.2, -0.15) is 0 Å². The molecule has 1 saturated heterocycles. The van der Waals surface area contributed by atoms with Gasteiger partial charge >= 0.3 is 6.09 Å². The Kier molecular flexibility index (Phi) is 6.53. The zero-order chi connectivity index (χ0) is 18.4. The van der Waals surface area contributed by atoms with E-state index < -0.39 is 5.60 Å². The number of hydrogen-bond donors (Lipinski definition) is 2. The molecule has 7 heteroatoms. The average molecular weight is 367 g/mol. The van der Waals surface area contributed by atoms with Crippen LogP contribution in [0.2, 0.25) is 5.02 Å². The third kappa shape index (κ3) is 6.46. The van der Waals surface area contributed by atoms with Crippen LogP contribution in [0.5, 0.6) is 0 Å². The smallest absolute Gasteiger partial charge is 0.407 e. The van der Waals surface area contributed by atoms with Gasteiger partial charge in [0.1, 0.15) is 5.60 Å². The Morgan fingerprint density at radius 2 is 2.20 bits per heavy atom. The van der Waals surface area contributed by atoms with Gasteiger partial charge in [-0.15, -0.1) is 0 Å². The predicted octanol–water partition coefficient (Wildman–Crippen LogP) is 3.01. The summed E-state index contributed by atoms with van der Waals surface area (Å²) in [4.78, 5) is 18.4. The van der Waals surface area contributed by atoms with Crippen LogP contribution in [0.4, 0.5) is 4.79 Å². The number of amides is 1. The summed E-state index contributed by atoms with van der Waals surface area (Å²) in [6.07, 6.45) is 0.484. The van der Waals surface area contributed by atoms with Gasteiger partial charge in [0.25, 0.3) is 0 Å². The summed E-state index contributed by atoms with van der Waals surface area (Å²) in [6.45, 7) is 7.75. The minimum absolute atomic E-state index is 0.0552. The molecule has 0 saturated carbocycles. The van der Waals surface area contributed by atoms with Crippen LogP contribution in [0, 0.1) is 0 Å². The van der Waals surface area contributed by atoms with Gasteiger partial charge in [-0.1, -0.05) is 23.7 Å². The number of hydrogen-bond acceptors (Lipinski definition) is 3. The number of alkyl carbamates (subject to hydrolysis) is 1. The van der Waals surface area contributed by atoms with E-state index in [1.165, 1.54) is 0 Å². The lowest BCUT2D eigenvalue weighted by Crippen LogP contribution is -2.44. The number of likely N-dealkylation sites (tertiary alicyclic amines) is 1. The first kappa shape index (κ1) is 19.4. The van der Waals surface area contributed by atoms with Crippen LogP contribution in [0.1, 0.15) is 32.8 Å². The molecule has 1 heterocycles. The summed E-state index contributed by atoms with van der Waals surface area (Å²) in [7, 11) is 1.76. The number of nitrogens with zero attached hydrogens (tertiary/aromatic N) is 2. The van der Waals surface area contributed by atoms with Gasteiger partial charge in [0.05, 0.1) is 6.04 Å². The number of nitrogens with one attached hydrogen (secondary N) is 2. The summed E-state index contributed by atoms with van der Waals surface area (Å²) in [5, 5.41) is 6.98. The molecular formula is C18H27ClN4O2. The van der Waals surface area contributed by atoms with Gasteiger partial charge in [-0.3, -0.25) is 4.99 Å². The van der Waals surface area contributed by atoms with Crippen LogP contribution in [-0.2, 0) is 11.3 Å². The summed E-state index contributed by atoms with van der Waals surface area (Å²) in [6, 6.07) is 7.79. The van der Waals surface area contributed by atoms with Gasteiger partial charge in [0.15, 0.2) is 5.96 Å². The number of halogens is 1. The van der Waals surface area contributed by atoms with E-state index in [1.807, 2.05) is 45.0 Å². The molecule has 1 unspecified atom stereocenters. The van der Waals surface area contributed by atoms with Gasteiger partial charge in [0.2, 0.25) is 0 Å². The summed E-state index contributed by atoms with van der Waals surface area (Å²) in [5.41, 5.74) is 0.605. The van der Waals surface area contributed by atoms with Crippen molar-refractivity contribution < 1.29 is 9.53 Å². The Labute approximate surface area is 154 Å². The second-order valence-corrected chi connectivity index (χ2v) is 7.54. The Balaban J connectivity index is 1.83. The van der Waals surface area contributed by atoms with Crippen molar-refractivity contribution in [1.82, 2.24) is 15.5 Å². The molecule has 1 amide bonds. The van der Waals surface area contributed by atoms with Gasteiger partial charge in [-0.25, -0.2) is 4.79 Å². The Hall–Kier alpha value is -1.95. The second kappa shape index (κ2) is 8.43. The quantitative estimate of drug-likeness (QED) is 0.637. The third-order valence-corrected chi connectivity index (χ3v) is 4.00. The van der Waals surface area contributed by atoms with Gasteiger partial charge in [0, 0.05) is 31.7 Å². The molecule has 138 valence electrons. The molecule has 1 aromatic carbocycles. The zero-order valence-corrected chi connectivity index (χ0v) is 16.1. The van der Waals surface area contributed by atoms with Crippen LogP contribution in [0.15, 0.2) is 29.3 Å². The van der Waals surface area contributed by atoms with E-state index >= 15 is 0 Å². The van der Waals surface area contributed by atoms with Crippen molar-refractivity contribution in [2.75, 3.05) is 20.1 Å². The fourth-order valence-electron chi connectivity index (χ4n) is 2.71. The first-order chi connectivity index (χ1) is 11.8. The van der Waals surface area contributed by atoms with Crippen molar-refractivity contribution in [2.45, 2.75) is 45.4 Å². The molecule has 0 aliphatic carbocycles. The number of aliphatic imine (C=N–C) groups is 1. The van der Waals surface area contributed by atoms with Crippen LogP contribution in [0.3, 0.4) is 0 Å². The highest BCUT2D eigenvalue weighted by atomic mass is 35.5. The second-order valence-electron chi connectivity index (χ2n) is 7.11. The lowest BCUT2D eigenvalue weighted by Gasteiger charge is -2.23. The molecule has 0 bridgehead atoms. The normalized spacial score (nSPS) is 18.2. The van der Waals surface area contributed by atoms with E-state index in [4.69, 9.17) is 16.3 Å². The maximum absolute atomic E-state index is 11.9. The summed E-state index contributed by atoms with van der Waals surface area (Å²) in [5.74, 6) is 0.813. The molecule has 0 spiro atoms. The van der Waals surface area contributed by atoms with Crippen molar-refractivity contribution in [1.29, 1.82) is 0 Å². The Bertz CT molecular complexity index is 628. The van der Waals surface area contributed by atoms with Crippen molar-refractivity contribution in [3.63, 3.8) is 0 Å². The maximum atomic E-state index is 11.9. The molecule has 1 aliphatic rings. The molecule has 1 aromatic rings. The standard InChI is InChI=1S/C18H27ClN4O2/c1-18(2,3)25-17(24)22-15-8-9-23(12-15)16(20-4)21-11-13-6-5-7-14(19)10-13/h5-7,10,15H,8-9,11-12H2,1-4H3,(H,20,21)(H,22,24). The number of rotatable bonds is 3. The number of benzene rings is 1. The lowest BCUT2D eigenvalue weighted by atomic mass is 10.2. The zero-order valence-electron chi connectivity index (χ0n) is 15.3. The van der Waals surface area contributed by atoms with Crippen molar-refractivity contribution >= 4 is 23.7 Å². The molecule has 1 atom stereocenters. The largest absolute Gasteiger partial charge is 0.444 e. The van der Waals surface area contributed by atoms with Gasteiger partial charge < -0.3 is 20.3 Å². The third-order valence-electron chi connectivity index (χ3n) is 3.76. The molecule has 0 aromatic heterocycles. The fourth-order valence-corrected chi connectivity index (χ4v) is 2.92. The average Bonchev–Trinajstić information content (AvgIpc) is 2.94. The summed E-state index contributed by atoms with van der Waals surface area (Å²) >= 11 is 6.01. The monoisotopic (exact) mass is 366 g/mol. The van der Waals surface area contributed by atoms with Crippen LogP contribution in [-0.4, -0.2) is 48.7 Å². The first-order valence-corrected chi connectivity index (χ1v) is 8.84. The Morgan fingerprint density at radius 1 is 1.44 bits per heavy atom. The topological polar surface area (TPSA) is 66.0 Å². The lowest BCUT2D eigenvalue weighted by molar-refractivity contribution is 0.0507. The van der Waals surface area contributed by atoms with Gasteiger partial charge in [-0.05, 0) is 44.9 Å². The number of guanidine groups is 1. The van der Waals surface area contributed by atoms with E-state index in [1.54, 1.807) is 7.05 Å². The van der Waals surface area contributed by atoms with E-state index in [2.05, 4.69) is 20.5 Å². The van der Waals surface area contributed by atoms with Crippen LogP contribution >= 0.6 is 11.6 Å². The van der Waals surface area contributed by atoms with E-state index in [0.717, 1.165) is 29.5 Å². The highest BCUT2D eigenvalue weighted by Gasteiger charge is 2.27. The molecule has 2 N–H and O–H groups in total. The number of carbonyl (C=O) groups is 1. The predicted molar refractivity (Wildman–Crippen MR) is 101 cm³/mol. The van der Waals surface area contributed by atoms with Crippen LogP contribution in [0.25, 0.3) is 0 Å². The highest BCUT2D eigenvalue weighted by Crippen LogP contribution is 2.13. The molecule has 0 radical (unpaired) electrons. The SMILES string of the molecule is CN=C(NCc1cccc(Cl)c1)N1CCC(NC(=O)OC(C)(C)C)C1. The van der Waals surface area contributed by atoms with E-state index in [0.29, 0.717) is 13.1 Å². The van der Waals surface area contributed by atoms with E-state index in [9.17, 15) is 4.79 Å². The molecule has 6 nitrogen and oxygen atoms in total. The maximum Gasteiger partial charge on any atom is 0.407 e. The number of ether oxygens (including phenoxy) is 1. The van der Waals surface area contributed by atoms with Crippen molar-refractivity contribution in [3.8, 4) is 0 Å². The number of carbonyl (C=O) groups excluding carboxylic acids is 1.